The Morgan fingerprint density at radius 3 is 2.52 bits per heavy atom. The first-order chi connectivity index (χ1) is 15.1. The molecule has 0 saturated carbocycles. The van der Waals surface area contributed by atoms with E-state index in [9.17, 15) is 4.79 Å². The zero-order valence-corrected chi connectivity index (χ0v) is 18.9. The van der Waals surface area contributed by atoms with E-state index in [2.05, 4.69) is 50.0 Å². The second-order valence-corrected chi connectivity index (χ2v) is 9.71. The maximum absolute atomic E-state index is 12.8. The molecule has 7 nitrogen and oxygen atoms in total. The Balaban J connectivity index is 1.21. The second-order valence-electron chi connectivity index (χ2n) is 8.51. The zero-order chi connectivity index (χ0) is 21.4. The van der Waals surface area contributed by atoms with Gasteiger partial charge in [-0.05, 0) is 57.2 Å². The van der Waals surface area contributed by atoms with E-state index in [1.165, 1.54) is 23.3 Å². The number of pyridine rings is 1. The second kappa shape index (κ2) is 8.42. The van der Waals surface area contributed by atoms with Crippen molar-refractivity contribution < 1.29 is 4.79 Å². The minimum atomic E-state index is -0.000977. The molecule has 5 rings (SSSR count). The maximum Gasteiger partial charge on any atom is 0.228 e. The molecule has 2 aliphatic rings. The smallest absolute Gasteiger partial charge is 0.228 e. The summed E-state index contributed by atoms with van der Waals surface area (Å²) in [5, 5.41) is 4.18. The summed E-state index contributed by atoms with van der Waals surface area (Å²) in [5.74, 6) is 1.71. The van der Waals surface area contributed by atoms with E-state index in [1.54, 1.807) is 17.7 Å². The molecule has 2 fully saturated rings. The minimum absolute atomic E-state index is 0.000977. The Labute approximate surface area is 186 Å². The minimum Gasteiger partial charge on any atom is -0.370 e. The number of hydrogen-bond donors (Lipinski definition) is 1. The number of piperidine rings is 1. The molecule has 5 heterocycles. The summed E-state index contributed by atoms with van der Waals surface area (Å²) >= 11 is 1.72. The van der Waals surface area contributed by atoms with Gasteiger partial charge in [0.2, 0.25) is 5.91 Å². The molecule has 0 spiro atoms. The number of carbonyl (C=O) groups excluding carboxylic acids is 1. The van der Waals surface area contributed by atoms with Gasteiger partial charge >= 0.3 is 0 Å². The van der Waals surface area contributed by atoms with Crippen molar-refractivity contribution in [2.75, 3.05) is 41.3 Å². The normalized spacial score (nSPS) is 17.5. The number of carbonyl (C=O) groups is 1. The average Bonchev–Trinajstić information content (AvgIpc) is 3.43. The van der Waals surface area contributed by atoms with Gasteiger partial charge in [-0.25, -0.2) is 15.0 Å². The molecular weight excluding hydrogens is 408 g/mol. The first-order valence-corrected chi connectivity index (χ1v) is 11.9. The van der Waals surface area contributed by atoms with Crippen LogP contribution in [0.5, 0.6) is 0 Å². The SMILES string of the molecule is Cc1sc2ncnc(N3CCC(C(=O)Nc4ccc(N5CCCC5)cn4)CC3)c2c1C. The Morgan fingerprint density at radius 1 is 1.03 bits per heavy atom. The number of nitrogens with zero attached hydrogens (tertiary/aromatic N) is 5. The van der Waals surface area contributed by atoms with Crippen LogP contribution in [0.25, 0.3) is 10.2 Å². The summed E-state index contributed by atoms with van der Waals surface area (Å²) in [7, 11) is 0. The van der Waals surface area contributed by atoms with Gasteiger partial charge in [0.15, 0.2) is 0 Å². The Kier molecular flexibility index (Phi) is 5.48. The quantitative estimate of drug-likeness (QED) is 0.662. The van der Waals surface area contributed by atoms with Crippen LogP contribution >= 0.6 is 11.3 Å². The van der Waals surface area contributed by atoms with E-state index in [-0.39, 0.29) is 11.8 Å². The van der Waals surface area contributed by atoms with Crippen molar-refractivity contribution in [3.8, 4) is 0 Å². The van der Waals surface area contributed by atoms with Crippen molar-refractivity contribution in [1.82, 2.24) is 15.0 Å². The van der Waals surface area contributed by atoms with E-state index >= 15 is 0 Å². The number of hydrogen-bond acceptors (Lipinski definition) is 7. The summed E-state index contributed by atoms with van der Waals surface area (Å²) < 4.78 is 0. The Morgan fingerprint density at radius 2 is 1.81 bits per heavy atom. The van der Waals surface area contributed by atoms with Crippen LogP contribution in [0.15, 0.2) is 24.7 Å². The predicted molar refractivity (Wildman–Crippen MR) is 126 cm³/mol. The predicted octanol–water partition coefficient (Wildman–Crippen LogP) is 4.16. The van der Waals surface area contributed by atoms with Crippen LogP contribution in [0, 0.1) is 19.8 Å². The van der Waals surface area contributed by atoms with Gasteiger partial charge in [-0.3, -0.25) is 4.79 Å². The summed E-state index contributed by atoms with van der Waals surface area (Å²) in [4.78, 5) is 33.3. The summed E-state index contributed by atoms with van der Waals surface area (Å²) in [5.41, 5.74) is 2.40. The number of thiophene rings is 1. The Hall–Kier alpha value is -2.74. The third kappa shape index (κ3) is 3.96. The number of aromatic nitrogens is 3. The first-order valence-electron chi connectivity index (χ1n) is 11.1. The van der Waals surface area contributed by atoms with Gasteiger partial charge < -0.3 is 15.1 Å². The van der Waals surface area contributed by atoms with Crippen molar-refractivity contribution >= 4 is 44.8 Å². The van der Waals surface area contributed by atoms with E-state index in [0.717, 1.165) is 60.7 Å². The largest absolute Gasteiger partial charge is 0.370 e. The van der Waals surface area contributed by atoms with Gasteiger partial charge in [0.1, 0.15) is 22.8 Å². The van der Waals surface area contributed by atoms with Crippen LogP contribution in [-0.4, -0.2) is 47.0 Å². The highest BCUT2D eigenvalue weighted by molar-refractivity contribution is 7.18. The van der Waals surface area contributed by atoms with Crippen LogP contribution in [0.4, 0.5) is 17.3 Å². The fourth-order valence-electron chi connectivity index (χ4n) is 4.61. The molecule has 2 saturated heterocycles. The van der Waals surface area contributed by atoms with Crippen LogP contribution in [-0.2, 0) is 4.79 Å². The van der Waals surface area contributed by atoms with E-state index < -0.39 is 0 Å². The van der Waals surface area contributed by atoms with Crippen LogP contribution in [0.1, 0.15) is 36.1 Å². The van der Waals surface area contributed by atoms with E-state index in [0.29, 0.717) is 5.82 Å². The number of anilines is 3. The van der Waals surface area contributed by atoms with Gasteiger partial charge in [0, 0.05) is 37.0 Å². The molecule has 2 aliphatic heterocycles. The summed E-state index contributed by atoms with van der Waals surface area (Å²) in [6.45, 7) is 8.10. The van der Waals surface area contributed by atoms with Gasteiger partial charge in [-0.1, -0.05) is 0 Å². The number of fused-ring (bicyclic) bond motifs is 1. The average molecular weight is 437 g/mol. The van der Waals surface area contributed by atoms with Crippen LogP contribution < -0.4 is 15.1 Å². The number of rotatable bonds is 4. The van der Waals surface area contributed by atoms with E-state index in [1.807, 2.05) is 12.3 Å². The summed E-state index contributed by atoms with van der Waals surface area (Å²) in [6, 6.07) is 3.97. The molecular formula is C23H28N6OS. The topological polar surface area (TPSA) is 74.2 Å². The third-order valence-corrected chi connectivity index (χ3v) is 7.70. The highest BCUT2D eigenvalue weighted by Gasteiger charge is 2.27. The van der Waals surface area contributed by atoms with Crippen LogP contribution in [0.2, 0.25) is 0 Å². The lowest BCUT2D eigenvalue weighted by molar-refractivity contribution is -0.120. The molecule has 3 aromatic heterocycles. The fourth-order valence-corrected chi connectivity index (χ4v) is 5.60. The third-order valence-electron chi connectivity index (χ3n) is 6.58. The van der Waals surface area contributed by atoms with Crippen molar-refractivity contribution in [3.63, 3.8) is 0 Å². The lowest BCUT2D eigenvalue weighted by atomic mass is 9.95. The van der Waals surface area contributed by atoms with Crippen LogP contribution in [0.3, 0.4) is 0 Å². The molecule has 8 heteroatoms. The van der Waals surface area contributed by atoms with Gasteiger partial charge in [0.05, 0.1) is 17.3 Å². The molecule has 31 heavy (non-hydrogen) atoms. The molecule has 0 unspecified atom stereocenters. The monoisotopic (exact) mass is 436 g/mol. The highest BCUT2D eigenvalue weighted by Crippen LogP contribution is 2.35. The van der Waals surface area contributed by atoms with Gasteiger partial charge in [-0.15, -0.1) is 11.3 Å². The zero-order valence-electron chi connectivity index (χ0n) is 18.1. The molecule has 0 bridgehead atoms. The molecule has 0 atom stereocenters. The Bertz CT molecular complexity index is 1080. The van der Waals surface area contributed by atoms with Gasteiger partial charge in [-0.2, -0.15) is 0 Å². The van der Waals surface area contributed by atoms with E-state index in [4.69, 9.17) is 0 Å². The highest BCUT2D eigenvalue weighted by atomic mass is 32.1. The molecule has 1 amide bonds. The van der Waals surface area contributed by atoms with Gasteiger partial charge in [0.25, 0.3) is 0 Å². The van der Waals surface area contributed by atoms with Crippen molar-refractivity contribution in [1.29, 1.82) is 0 Å². The molecule has 3 aromatic rings. The standard InChI is InChI=1S/C23H28N6OS/c1-15-16(2)31-23-20(15)21(25-14-26-23)29-11-7-17(8-12-29)22(30)27-19-6-5-18(13-24-19)28-9-3-4-10-28/h5-6,13-14,17H,3-4,7-12H2,1-2H3,(H,24,27,30). The van der Waals surface area contributed by atoms with Crippen molar-refractivity contribution in [3.05, 3.63) is 35.1 Å². The maximum atomic E-state index is 12.8. The molecule has 0 aliphatic carbocycles. The number of amides is 1. The molecule has 1 N–H and O–H groups in total. The van der Waals surface area contributed by atoms with Crippen molar-refractivity contribution in [2.45, 2.75) is 39.5 Å². The first kappa shape index (κ1) is 20.2. The lowest BCUT2D eigenvalue weighted by Gasteiger charge is -2.32. The fraction of sp³-hybridized carbons (Fsp3) is 0.478. The summed E-state index contributed by atoms with van der Waals surface area (Å²) in [6.07, 6.45) is 7.63. The molecule has 0 radical (unpaired) electrons. The van der Waals surface area contributed by atoms with Crippen molar-refractivity contribution in [2.24, 2.45) is 5.92 Å². The number of nitrogens with one attached hydrogen (secondary N) is 1. The molecule has 0 aromatic carbocycles. The lowest BCUT2D eigenvalue weighted by Crippen LogP contribution is -2.38. The number of aryl methyl sites for hydroxylation is 2. The molecule has 162 valence electrons.